The summed E-state index contributed by atoms with van der Waals surface area (Å²) in [6, 6.07) is 8.92. The summed E-state index contributed by atoms with van der Waals surface area (Å²) >= 11 is 0. The third-order valence-corrected chi connectivity index (χ3v) is 5.41. The predicted molar refractivity (Wildman–Crippen MR) is 80.2 cm³/mol. The Bertz CT molecular complexity index is 443. The molecule has 1 aliphatic carbocycles. The van der Waals surface area contributed by atoms with Crippen LogP contribution in [-0.4, -0.2) is 30.1 Å². The van der Waals surface area contributed by atoms with E-state index in [1.807, 2.05) is 0 Å². The first-order valence-electron chi connectivity index (χ1n) is 7.79. The average Bonchev–Trinajstić information content (AvgIpc) is 2.96. The average molecular weight is 258 g/mol. The minimum absolute atomic E-state index is 0.234. The van der Waals surface area contributed by atoms with E-state index in [4.69, 9.17) is 5.73 Å². The molecule has 1 aliphatic heterocycles. The first kappa shape index (κ1) is 13.1. The van der Waals surface area contributed by atoms with Gasteiger partial charge in [-0.1, -0.05) is 37.6 Å². The fraction of sp³-hybridized carbons (Fsp3) is 0.647. The highest BCUT2D eigenvalue weighted by Crippen LogP contribution is 2.36. The van der Waals surface area contributed by atoms with Crippen LogP contribution >= 0.6 is 0 Å². The second kappa shape index (κ2) is 5.26. The molecule has 0 aromatic heterocycles. The monoisotopic (exact) mass is 258 g/mol. The largest absolute Gasteiger partial charge is 0.329 e. The van der Waals surface area contributed by atoms with Gasteiger partial charge in [0.1, 0.15) is 0 Å². The molecule has 3 rings (SSSR count). The van der Waals surface area contributed by atoms with Gasteiger partial charge in [0.15, 0.2) is 0 Å². The molecule has 0 radical (unpaired) electrons. The number of nitrogens with zero attached hydrogens (tertiary/aromatic N) is 1. The van der Waals surface area contributed by atoms with Crippen molar-refractivity contribution in [3.63, 3.8) is 0 Å². The van der Waals surface area contributed by atoms with Crippen molar-refractivity contribution in [2.45, 2.75) is 44.6 Å². The molecule has 0 spiro atoms. The summed E-state index contributed by atoms with van der Waals surface area (Å²) in [5.41, 5.74) is 9.52. The van der Waals surface area contributed by atoms with Gasteiger partial charge in [0, 0.05) is 18.6 Å². The van der Waals surface area contributed by atoms with Crippen LogP contribution < -0.4 is 5.73 Å². The summed E-state index contributed by atoms with van der Waals surface area (Å²) in [7, 11) is 0. The zero-order chi connectivity index (χ0) is 13.3. The predicted octanol–water partition coefficient (Wildman–Crippen LogP) is 2.60. The molecule has 2 atom stereocenters. The van der Waals surface area contributed by atoms with Crippen molar-refractivity contribution in [2.24, 2.45) is 11.7 Å². The number of likely N-dealkylation sites (tertiary alicyclic amines) is 1. The minimum atomic E-state index is 0.234. The molecular formula is C17H26N2. The first-order chi connectivity index (χ1) is 9.27. The highest BCUT2D eigenvalue weighted by Gasteiger charge is 2.41. The molecule has 1 saturated heterocycles. The summed E-state index contributed by atoms with van der Waals surface area (Å²) in [5.74, 6) is 0.889. The molecule has 19 heavy (non-hydrogen) atoms. The Morgan fingerprint density at radius 2 is 2.11 bits per heavy atom. The fourth-order valence-electron chi connectivity index (χ4n) is 3.95. The molecule has 2 heteroatoms. The van der Waals surface area contributed by atoms with Crippen LogP contribution in [0.15, 0.2) is 24.3 Å². The number of hydrogen-bond acceptors (Lipinski definition) is 2. The van der Waals surface area contributed by atoms with Gasteiger partial charge >= 0.3 is 0 Å². The van der Waals surface area contributed by atoms with E-state index in [0.29, 0.717) is 0 Å². The molecule has 2 unspecified atom stereocenters. The summed E-state index contributed by atoms with van der Waals surface area (Å²) in [4.78, 5) is 2.71. The summed E-state index contributed by atoms with van der Waals surface area (Å²) < 4.78 is 0. The second-order valence-corrected chi connectivity index (χ2v) is 6.38. The van der Waals surface area contributed by atoms with Gasteiger partial charge in [-0.25, -0.2) is 0 Å². The molecule has 104 valence electrons. The summed E-state index contributed by atoms with van der Waals surface area (Å²) in [6.07, 6.45) is 6.25. The van der Waals surface area contributed by atoms with E-state index < -0.39 is 0 Å². The number of rotatable bonds is 3. The standard InChI is InChI=1S/C17H26N2/c1-2-14-8-10-19(12-14)17(13-18)9-7-15-5-3-4-6-16(15)11-17/h3-6,14H,2,7-13,18H2,1H3. The lowest BCUT2D eigenvalue weighted by Gasteiger charge is -2.45. The maximum absolute atomic E-state index is 6.22. The van der Waals surface area contributed by atoms with E-state index in [1.165, 1.54) is 49.9 Å². The molecule has 1 aromatic carbocycles. The van der Waals surface area contributed by atoms with Gasteiger partial charge in [0.2, 0.25) is 0 Å². The van der Waals surface area contributed by atoms with Crippen molar-refractivity contribution in [3.05, 3.63) is 35.4 Å². The second-order valence-electron chi connectivity index (χ2n) is 6.38. The lowest BCUT2D eigenvalue weighted by atomic mass is 9.77. The molecule has 1 aromatic rings. The van der Waals surface area contributed by atoms with Crippen molar-refractivity contribution in [3.8, 4) is 0 Å². The van der Waals surface area contributed by atoms with Crippen LogP contribution in [0.5, 0.6) is 0 Å². The number of benzene rings is 1. The Morgan fingerprint density at radius 1 is 1.32 bits per heavy atom. The summed E-state index contributed by atoms with van der Waals surface area (Å²) in [6.45, 7) is 5.63. The lowest BCUT2D eigenvalue weighted by Crippen LogP contribution is -2.56. The Morgan fingerprint density at radius 3 is 2.79 bits per heavy atom. The van der Waals surface area contributed by atoms with Crippen molar-refractivity contribution in [2.75, 3.05) is 19.6 Å². The minimum Gasteiger partial charge on any atom is -0.329 e. The number of fused-ring (bicyclic) bond motifs is 1. The molecule has 0 bridgehead atoms. The van der Waals surface area contributed by atoms with Crippen LogP contribution in [0.3, 0.4) is 0 Å². The van der Waals surface area contributed by atoms with Crippen LogP contribution in [0.25, 0.3) is 0 Å². The van der Waals surface area contributed by atoms with E-state index in [0.717, 1.165) is 18.9 Å². The van der Waals surface area contributed by atoms with E-state index in [2.05, 4.69) is 36.1 Å². The van der Waals surface area contributed by atoms with Crippen molar-refractivity contribution >= 4 is 0 Å². The third-order valence-electron chi connectivity index (χ3n) is 5.41. The zero-order valence-corrected chi connectivity index (χ0v) is 12.1. The third kappa shape index (κ3) is 2.32. The Labute approximate surface area is 117 Å². The van der Waals surface area contributed by atoms with Gasteiger partial charge in [0.05, 0.1) is 0 Å². The van der Waals surface area contributed by atoms with Crippen LogP contribution in [0, 0.1) is 5.92 Å². The van der Waals surface area contributed by atoms with E-state index in [-0.39, 0.29) is 5.54 Å². The Balaban J connectivity index is 1.82. The van der Waals surface area contributed by atoms with Gasteiger partial charge in [-0.2, -0.15) is 0 Å². The van der Waals surface area contributed by atoms with Gasteiger partial charge in [-0.05, 0) is 49.3 Å². The number of hydrogen-bond donors (Lipinski definition) is 1. The molecule has 0 saturated carbocycles. The van der Waals surface area contributed by atoms with Crippen LogP contribution in [-0.2, 0) is 12.8 Å². The van der Waals surface area contributed by atoms with Crippen molar-refractivity contribution < 1.29 is 0 Å². The first-order valence-corrected chi connectivity index (χ1v) is 7.79. The highest BCUT2D eigenvalue weighted by atomic mass is 15.2. The molecular weight excluding hydrogens is 232 g/mol. The zero-order valence-electron chi connectivity index (χ0n) is 12.1. The summed E-state index contributed by atoms with van der Waals surface area (Å²) in [5, 5.41) is 0. The normalized spacial score (nSPS) is 31.4. The van der Waals surface area contributed by atoms with Crippen LogP contribution in [0.4, 0.5) is 0 Å². The SMILES string of the molecule is CCC1CCN(C2(CN)CCc3ccccc3C2)C1. The topological polar surface area (TPSA) is 29.3 Å². The van der Waals surface area contributed by atoms with Gasteiger partial charge in [-0.15, -0.1) is 0 Å². The molecule has 2 nitrogen and oxygen atoms in total. The van der Waals surface area contributed by atoms with E-state index >= 15 is 0 Å². The molecule has 1 heterocycles. The van der Waals surface area contributed by atoms with Crippen molar-refractivity contribution in [1.82, 2.24) is 4.90 Å². The van der Waals surface area contributed by atoms with Crippen molar-refractivity contribution in [1.29, 1.82) is 0 Å². The van der Waals surface area contributed by atoms with Gasteiger partial charge < -0.3 is 5.73 Å². The molecule has 2 aliphatic rings. The van der Waals surface area contributed by atoms with E-state index in [1.54, 1.807) is 0 Å². The lowest BCUT2D eigenvalue weighted by molar-refractivity contribution is 0.102. The number of aryl methyl sites for hydroxylation is 1. The van der Waals surface area contributed by atoms with Crippen LogP contribution in [0.2, 0.25) is 0 Å². The highest BCUT2D eigenvalue weighted by molar-refractivity contribution is 5.32. The molecule has 1 fully saturated rings. The fourth-order valence-corrected chi connectivity index (χ4v) is 3.95. The maximum Gasteiger partial charge on any atom is 0.0375 e. The Kier molecular flexibility index (Phi) is 3.64. The van der Waals surface area contributed by atoms with Gasteiger partial charge in [0.25, 0.3) is 0 Å². The number of nitrogens with two attached hydrogens (primary N) is 1. The van der Waals surface area contributed by atoms with E-state index in [9.17, 15) is 0 Å². The van der Waals surface area contributed by atoms with Crippen LogP contribution in [0.1, 0.15) is 37.3 Å². The quantitative estimate of drug-likeness (QED) is 0.903. The van der Waals surface area contributed by atoms with Gasteiger partial charge in [-0.3, -0.25) is 4.90 Å². The molecule has 2 N–H and O–H groups in total. The Hall–Kier alpha value is -0.860. The molecule has 0 amide bonds. The smallest absolute Gasteiger partial charge is 0.0375 e. The maximum atomic E-state index is 6.22.